The molecular weight excluding hydrogens is 348 g/mol. The molecule has 0 aromatic rings. The van der Waals surface area contributed by atoms with E-state index in [1.807, 2.05) is 0 Å². The van der Waals surface area contributed by atoms with Crippen LogP contribution < -0.4 is 0 Å². The molecule has 0 saturated heterocycles. The Balaban J connectivity index is 4.73. The average Bonchev–Trinajstić information content (AvgIpc) is 2.52. The summed E-state index contributed by atoms with van der Waals surface area (Å²) in [5.41, 5.74) is -2.74. The minimum Gasteiger partial charge on any atom is -0.469 e. The van der Waals surface area contributed by atoms with E-state index in [0.29, 0.717) is 0 Å². The van der Waals surface area contributed by atoms with Crippen LogP contribution in [-0.2, 0) is 19.1 Å². The zero-order chi connectivity index (χ0) is 20.7. The van der Waals surface area contributed by atoms with E-state index >= 15 is 0 Å². The van der Waals surface area contributed by atoms with Crippen LogP contribution in [0.15, 0.2) is 0 Å². The minimum atomic E-state index is -1.46. The molecule has 0 heterocycles. The van der Waals surface area contributed by atoms with E-state index in [1.165, 1.54) is 41.7 Å². The summed E-state index contributed by atoms with van der Waals surface area (Å²) < 4.78 is 9.64. The van der Waals surface area contributed by atoms with Crippen LogP contribution in [0.25, 0.3) is 0 Å². The van der Waals surface area contributed by atoms with Crippen molar-refractivity contribution in [3.05, 3.63) is 20.2 Å². The van der Waals surface area contributed by atoms with Gasteiger partial charge in [-0.2, -0.15) is 0 Å². The van der Waals surface area contributed by atoms with Crippen molar-refractivity contribution in [2.24, 2.45) is 11.8 Å². The molecule has 0 bridgehead atoms. The van der Waals surface area contributed by atoms with Crippen LogP contribution in [0.4, 0.5) is 0 Å². The first-order valence-corrected chi connectivity index (χ1v) is 8.30. The van der Waals surface area contributed by atoms with Gasteiger partial charge in [0.25, 0.3) is 0 Å². The molecule has 0 aliphatic heterocycles. The third-order valence-corrected chi connectivity index (χ3v) is 4.38. The van der Waals surface area contributed by atoms with Crippen LogP contribution in [0.1, 0.15) is 53.9 Å². The fourth-order valence-electron chi connectivity index (χ4n) is 2.63. The van der Waals surface area contributed by atoms with Crippen LogP contribution in [-0.4, -0.2) is 46.6 Å². The standard InChI is InChI=1S/C16H28N2O8/c1-11(9-15(3,4)17(21)22)14(20)26-8-7-16(5,18(23)24)10-12(2)13(19)25-6/h11-12H,7-10H2,1-6H3. The summed E-state index contributed by atoms with van der Waals surface area (Å²) in [6.07, 6.45) is -0.155. The lowest BCUT2D eigenvalue weighted by Gasteiger charge is -2.24. The SMILES string of the molecule is COC(=O)C(C)CC(C)(CCOC(=O)C(C)CC(C)(C)[N+](=O)[O-])[N+](=O)[O-]. The van der Waals surface area contributed by atoms with Gasteiger partial charge >= 0.3 is 11.9 Å². The predicted molar refractivity (Wildman–Crippen MR) is 91.6 cm³/mol. The van der Waals surface area contributed by atoms with Gasteiger partial charge in [-0.15, -0.1) is 0 Å². The smallest absolute Gasteiger partial charge is 0.308 e. The normalized spacial score (nSPS) is 16.1. The Kier molecular flexibility index (Phi) is 8.62. The number of nitro groups is 2. The van der Waals surface area contributed by atoms with E-state index in [2.05, 4.69) is 4.74 Å². The van der Waals surface area contributed by atoms with Crippen molar-refractivity contribution in [3.63, 3.8) is 0 Å². The fraction of sp³-hybridized carbons (Fsp3) is 0.875. The Labute approximate surface area is 152 Å². The highest BCUT2D eigenvalue weighted by Gasteiger charge is 2.41. The number of carbonyl (C=O) groups is 2. The molecular formula is C16H28N2O8. The van der Waals surface area contributed by atoms with Crippen molar-refractivity contribution in [1.29, 1.82) is 0 Å². The van der Waals surface area contributed by atoms with E-state index in [4.69, 9.17) is 4.74 Å². The second kappa shape index (κ2) is 9.44. The molecule has 3 unspecified atom stereocenters. The molecule has 0 amide bonds. The summed E-state index contributed by atoms with van der Waals surface area (Å²) in [7, 11) is 1.21. The Morgan fingerprint density at radius 2 is 1.46 bits per heavy atom. The van der Waals surface area contributed by atoms with E-state index in [0.717, 1.165) is 0 Å². The summed E-state index contributed by atoms with van der Waals surface area (Å²) in [5.74, 6) is -2.59. The maximum atomic E-state index is 12.0. The quantitative estimate of drug-likeness (QED) is 0.304. The van der Waals surface area contributed by atoms with Gasteiger partial charge in [-0.3, -0.25) is 29.8 Å². The molecule has 0 aliphatic carbocycles. The molecule has 0 aliphatic rings. The first-order valence-electron chi connectivity index (χ1n) is 8.30. The van der Waals surface area contributed by atoms with Crippen molar-refractivity contribution in [3.8, 4) is 0 Å². The molecule has 0 spiro atoms. The van der Waals surface area contributed by atoms with Crippen molar-refractivity contribution < 1.29 is 28.9 Å². The summed E-state index contributed by atoms with van der Waals surface area (Å²) >= 11 is 0. The number of esters is 2. The Morgan fingerprint density at radius 1 is 0.962 bits per heavy atom. The number of hydrogen-bond acceptors (Lipinski definition) is 8. The van der Waals surface area contributed by atoms with E-state index < -0.39 is 44.7 Å². The van der Waals surface area contributed by atoms with Gasteiger partial charge in [0.15, 0.2) is 0 Å². The largest absolute Gasteiger partial charge is 0.469 e. The Hall–Kier alpha value is -2.26. The van der Waals surface area contributed by atoms with Crippen LogP contribution >= 0.6 is 0 Å². The van der Waals surface area contributed by atoms with Crippen molar-refractivity contribution in [2.45, 2.75) is 65.0 Å². The zero-order valence-corrected chi connectivity index (χ0v) is 16.1. The monoisotopic (exact) mass is 376 g/mol. The molecule has 0 aromatic heterocycles. The van der Waals surface area contributed by atoms with E-state index in [1.54, 1.807) is 0 Å². The lowest BCUT2D eigenvalue weighted by Crippen LogP contribution is -2.40. The first kappa shape index (κ1) is 23.7. The highest BCUT2D eigenvalue weighted by molar-refractivity contribution is 5.72. The van der Waals surface area contributed by atoms with Gasteiger partial charge in [0.1, 0.15) is 0 Å². The topological polar surface area (TPSA) is 139 Å². The first-order chi connectivity index (χ1) is 11.8. The predicted octanol–water partition coefficient (Wildman–Crippen LogP) is 2.24. The molecule has 0 rings (SSSR count). The summed E-state index contributed by atoms with van der Waals surface area (Å²) in [5, 5.41) is 22.3. The van der Waals surface area contributed by atoms with Crippen LogP contribution in [0.5, 0.6) is 0 Å². The number of ether oxygens (including phenoxy) is 2. The Bertz CT molecular complexity index is 548. The van der Waals surface area contributed by atoms with Crippen LogP contribution in [0, 0.1) is 32.1 Å². The molecule has 0 fully saturated rings. The van der Waals surface area contributed by atoms with Gasteiger partial charge in [-0.1, -0.05) is 13.8 Å². The van der Waals surface area contributed by atoms with Gasteiger partial charge in [-0.25, -0.2) is 0 Å². The van der Waals surface area contributed by atoms with E-state index in [9.17, 15) is 29.8 Å². The molecule has 3 atom stereocenters. The van der Waals surface area contributed by atoms with Gasteiger partial charge in [0.2, 0.25) is 11.1 Å². The van der Waals surface area contributed by atoms with Gasteiger partial charge in [0.05, 0.1) is 32.0 Å². The lowest BCUT2D eigenvalue weighted by molar-refractivity contribution is -0.569. The number of hydrogen-bond donors (Lipinski definition) is 0. The van der Waals surface area contributed by atoms with Gasteiger partial charge in [0, 0.05) is 43.5 Å². The van der Waals surface area contributed by atoms with E-state index in [-0.39, 0.29) is 25.9 Å². The third-order valence-electron chi connectivity index (χ3n) is 4.38. The van der Waals surface area contributed by atoms with Crippen molar-refractivity contribution in [2.75, 3.05) is 13.7 Å². The second-order valence-electron chi connectivity index (χ2n) is 7.47. The number of carbonyl (C=O) groups excluding carboxylic acids is 2. The number of nitrogens with zero attached hydrogens (tertiary/aromatic N) is 2. The van der Waals surface area contributed by atoms with Gasteiger partial charge < -0.3 is 9.47 Å². The maximum Gasteiger partial charge on any atom is 0.308 e. The second-order valence-corrected chi connectivity index (χ2v) is 7.47. The minimum absolute atomic E-state index is 0.00921. The molecule has 10 heteroatoms. The van der Waals surface area contributed by atoms with Gasteiger partial charge in [-0.05, 0) is 0 Å². The average molecular weight is 376 g/mol. The molecule has 0 aromatic carbocycles. The molecule has 26 heavy (non-hydrogen) atoms. The van der Waals surface area contributed by atoms with Crippen LogP contribution in [0.2, 0.25) is 0 Å². The Morgan fingerprint density at radius 3 is 1.88 bits per heavy atom. The van der Waals surface area contributed by atoms with Crippen molar-refractivity contribution >= 4 is 11.9 Å². The summed E-state index contributed by atoms with van der Waals surface area (Å²) in [6, 6.07) is 0. The third kappa shape index (κ3) is 6.93. The maximum absolute atomic E-state index is 12.0. The highest BCUT2D eigenvalue weighted by atomic mass is 16.6. The summed E-state index contributed by atoms with van der Waals surface area (Å²) in [6.45, 7) is 7.03. The van der Waals surface area contributed by atoms with Crippen LogP contribution in [0.3, 0.4) is 0 Å². The highest BCUT2D eigenvalue weighted by Crippen LogP contribution is 2.26. The molecule has 0 radical (unpaired) electrons. The number of methoxy groups -OCH3 is 1. The molecule has 0 saturated carbocycles. The van der Waals surface area contributed by atoms with Crippen molar-refractivity contribution in [1.82, 2.24) is 0 Å². The summed E-state index contributed by atoms with van der Waals surface area (Å²) in [4.78, 5) is 44.8. The molecule has 10 nitrogen and oxygen atoms in total. The number of rotatable bonds is 11. The fourth-order valence-corrected chi connectivity index (χ4v) is 2.63. The zero-order valence-electron chi connectivity index (χ0n) is 16.1. The lowest BCUT2D eigenvalue weighted by atomic mass is 9.87. The molecule has 0 N–H and O–H groups in total. The molecule has 150 valence electrons.